The van der Waals surface area contributed by atoms with Gasteiger partial charge < -0.3 is 9.64 Å². The summed E-state index contributed by atoms with van der Waals surface area (Å²) in [6, 6.07) is 0. The molecule has 1 atom stereocenters. The Morgan fingerprint density at radius 2 is 2.32 bits per heavy atom. The van der Waals surface area contributed by atoms with E-state index in [4.69, 9.17) is 4.74 Å². The average Bonchev–Trinajstić information content (AvgIpc) is 2.80. The standard InChI is InChI=1S/C15H19N3O2S2/c1-9-6-18(4-5-20-9)12(19)7-21-14-13-10(2)11(3)22-15(13)17-8-16-14/h8-9H,4-7H2,1-3H3. The van der Waals surface area contributed by atoms with Crippen LogP contribution in [0.1, 0.15) is 17.4 Å². The van der Waals surface area contributed by atoms with Gasteiger partial charge in [0, 0.05) is 23.4 Å². The first-order valence-electron chi connectivity index (χ1n) is 7.29. The molecule has 2 aromatic heterocycles. The fourth-order valence-corrected chi connectivity index (χ4v) is 4.55. The molecule has 0 radical (unpaired) electrons. The van der Waals surface area contributed by atoms with E-state index in [-0.39, 0.29) is 12.0 Å². The number of ether oxygens (including phenoxy) is 1. The number of aryl methyl sites for hydroxylation is 2. The van der Waals surface area contributed by atoms with Crippen LogP contribution in [0.3, 0.4) is 0 Å². The Balaban J connectivity index is 1.72. The molecule has 1 aliphatic rings. The molecule has 3 heterocycles. The second-order valence-corrected chi connectivity index (χ2v) is 7.62. The van der Waals surface area contributed by atoms with Crippen LogP contribution in [0.5, 0.6) is 0 Å². The molecule has 1 aliphatic heterocycles. The summed E-state index contributed by atoms with van der Waals surface area (Å²) in [6.45, 7) is 8.16. The fourth-order valence-electron chi connectivity index (χ4n) is 2.53. The SMILES string of the molecule is Cc1sc2ncnc(SCC(=O)N3CCOC(C)C3)c2c1C. The smallest absolute Gasteiger partial charge is 0.233 e. The van der Waals surface area contributed by atoms with Crippen LogP contribution in [0.2, 0.25) is 0 Å². The molecule has 118 valence electrons. The number of thiophene rings is 1. The maximum absolute atomic E-state index is 12.4. The molecule has 1 saturated heterocycles. The van der Waals surface area contributed by atoms with Gasteiger partial charge in [0.15, 0.2) is 0 Å². The Morgan fingerprint density at radius 3 is 3.09 bits per heavy atom. The molecule has 22 heavy (non-hydrogen) atoms. The van der Waals surface area contributed by atoms with Gasteiger partial charge in [-0.2, -0.15) is 0 Å². The quantitative estimate of drug-likeness (QED) is 0.637. The Bertz CT molecular complexity index is 701. The largest absolute Gasteiger partial charge is 0.375 e. The fraction of sp³-hybridized carbons (Fsp3) is 0.533. The van der Waals surface area contributed by atoms with Crippen LogP contribution in [0.15, 0.2) is 11.4 Å². The third kappa shape index (κ3) is 3.11. The number of hydrogen-bond acceptors (Lipinski definition) is 6. The first kappa shape index (κ1) is 15.7. The van der Waals surface area contributed by atoms with Crippen molar-refractivity contribution < 1.29 is 9.53 Å². The highest BCUT2D eigenvalue weighted by molar-refractivity contribution is 8.00. The van der Waals surface area contributed by atoms with E-state index in [0.717, 1.165) is 15.2 Å². The molecule has 0 N–H and O–H groups in total. The lowest BCUT2D eigenvalue weighted by atomic mass is 10.2. The summed E-state index contributed by atoms with van der Waals surface area (Å²) in [5, 5.41) is 2.00. The minimum atomic E-state index is 0.121. The van der Waals surface area contributed by atoms with E-state index in [0.29, 0.717) is 25.4 Å². The topological polar surface area (TPSA) is 55.3 Å². The first-order chi connectivity index (χ1) is 10.6. The van der Waals surface area contributed by atoms with Crippen LogP contribution in [0, 0.1) is 13.8 Å². The molecule has 1 unspecified atom stereocenters. The lowest BCUT2D eigenvalue weighted by Gasteiger charge is -2.31. The van der Waals surface area contributed by atoms with E-state index < -0.39 is 0 Å². The molecular weight excluding hydrogens is 318 g/mol. The highest BCUT2D eigenvalue weighted by atomic mass is 32.2. The van der Waals surface area contributed by atoms with E-state index in [1.165, 1.54) is 22.2 Å². The summed E-state index contributed by atoms with van der Waals surface area (Å²) in [5.74, 6) is 0.559. The Kier molecular flexibility index (Phi) is 4.65. The number of fused-ring (bicyclic) bond motifs is 1. The Morgan fingerprint density at radius 1 is 1.50 bits per heavy atom. The summed E-state index contributed by atoms with van der Waals surface area (Å²) in [6.07, 6.45) is 1.71. The van der Waals surface area contributed by atoms with E-state index in [2.05, 4.69) is 23.8 Å². The molecule has 1 fully saturated rings. The van der Waals surface area contributed by atoms with E-state index in [1.54, 1.807) is 17.7 Å². The zero-order valence-electron chi connectivity index (χ0n) is 13.0. The molecule has 0 aliphatic carbocycles. The molecule has 0 saturated carbocycles. The summed E-state index contributed by atoms with van der Waals surface area (Å²) in [4.78, 5) is 25.2. The molecule has 1 amide bonds. The molecule has 0 spiro atoms. The van der Waals surface area contributed by atoms with Gasteiger partial charge in [-0.05, 0) is 26.3 Å². The number of carbonyl (C=O) groups excluding carboxylic acids is 1. The van der Waals surface area contributed by atoms with Crippen LogP contribution >= 0.6 is 23.1 Å². The van der Waals surface area contributed by atoms with Gasteiger partial charge in [-0.15, -0.1) is 11.3 Å². The van der Waals surface area contributed by atoms with Crippen molar-refractivity contribution in [2.45, 2.75) is 31.9 Å². The summed E-state index contributed by atoms with van der Waals surface area (Å²) in [5.41, 5.74) is 1.22. The van der Waals surface area contributed by atoms with Crippen LogP contribution in [0.4, 0.5) is 0 Å². The van der Waals surface area contributed by atoms with Gasteiger partial charge in [0.25, 0.3) is 0 Å². The van der Waals surface area contributed by atoms with Gasteiger partial charge in [-0.1, -0.05) is 11.8 Å². The molecule has 5 nitrogen and oxygen atoms in total. The summed E-state index contributed by atoms with van der Waals surface area (Å²) >= 11 is 3.18. The predicted octanol–water partition coefficient (Wildman–Crippen LogP) is 2.65. The van der Waals surface area contributed by atoms with Gasteiger partial charge in [-0.3, -0.25) is 4.79 Å². The molecule has 2 aromatic rings. The molecule has 7 heteroatoms. The molecule has 3 rings (SSSR count). The highest BCUT2D eigenvalue weighted by Gasteiger charge is 2.22. The van der Waals surface area contributed by atoms with Crippen molar-refractivity contribution in [1.29, 1.82) is 0 Å². The van der Waals surface area contributed by atoms with Crippen LogP contribution in [-0.4, -0.2) is 52.3 Å². The maximum Gasteiger partial charge on any atom is 0.233 e. The van der Waals surface area contributed by atoms with E-state index in [1.807, 2.05) is 11.8 Å². The average molecular weight is 337 g/mol. The zero-order valence-corrected chi connectivity index (χ0v) is 14.6. The lowest BCUT2D eigenvalue weighted by molar-refractivity contribution is -0.135. The van der Waals surface area contributed by atoms with Gasteiger partial charge in [0.05, 0.1) is 18.5 Å². The predicted molar refractivity (Wildman–Crippen MR) is 89.6 cm³/mol. The summed E-state index contributed by atoms with van der Waals surface area (Å²) in [7, 11) is 0. The lowest BCUT2D eigenvalue weighted by Crippen LogP contribution is -2.45. The van der Waals surface area contributed by atoms with Crippen LogP contribution < -0.4 is 0 Å². The third-order valence-corrected chi connectivity index (χ3v) is 5.95. The summed E-state index contributed by atoms with van der Waals surface area (Å²) < 4.78 is 5.48. The van der Waals surface area contributed by atoms with E-state index >= 15 is 0 Å². The minimum Gasteiger partial charge on any atom is -0.375 e. The van der Waals surface area contributed by atoms with Crippen LogP contribution in [0.25, 0.3) is 10.2 Å². The maximum atomic E-state index is 12.4. The van der Waals surface area contributed by atoms with Crippen molar-refractivity contribution in [1.82, 2.24) is 14.9 Å². The van der Waals surface area contributed by atoms with Crippen molar-refractivity contribution in [2.24, 2.45) is 0 Å². The first-order valence-corrected chi connectivity index (χ1v) is 9.09. The number of morpholine rings is 1. The molecule has 0 bridgehead atoms. The van der Waals surface area contributed by atoms with Crippen molar-refractivity contribution in [3.8, 4) is 0 Å². The number of aromatic nitrogens is 2. The second-order valence-electron chi connectivity index (χ2n) is 5.45. The number of nitrogens with zero attached hydrogens (tertiary/aromatic N) is 3. The normalized spacial score (nSPS) is 18.9. The number of hydrogen-bond donors (Lipinski definition) is 0. The van der Waals surface area contributed by atoms with Gasteiger partial charge in [0.2, 0.25) is 5.91 Å². The van der Waals surface area contributed by atoms with Crippen LogP contribution in [-0.2, 0) is 9.53 Å². The Hall–Kier alpha value is -1.18. The minimum absolute atomic E-state index is 0.121. The van der Waals surface area contributed by atoms with Crippen molar-refractivity contribution in [2.75, 3.05) is 25.4 Å². The monoisotopic (exact) mass is 337 g/mol. The molecular formula is C15H19N3O2S2. The zero-order chi connectivity index (χ0) is 15.7. The molecule has 0 aromatic carbocycles. The van der Waals surface area contributed by atoms with Gasteiger partial charge >= 0.3 is 0 Å². The number of thioether (sulfide) groups is 1. The number of amides is 1. The Labute approximate surface area is 138 Å². The van der Waals surface area contributed by atoms with Gasteiger partial charge in [0.1, 0.15) is 16.2 Å². The van der Waals surface area contributed by atoms with Gasteiger partial charge in [-0.25, -0.2) is 9.97 Å². The number of rotatable bonds is 3. The van der Waals surface area contributed by atoms with Crippen molar-refractivity contribution in [3.05, 3.63) is 16.8 Å². The third-order valence-electron chi connectivity index (χ3n) is 3.86. The van der Waals surface area contributed by atoms with Crippen molar-refractivity contribution >= 4 is 39.2 Å². The van der Waals surface area contributed by atoms with Crippen molar-refractivity contribution in [3.63, 3.8) is 0 Å². The highest BCUT2D eigenvalue weighted by Crippen LogP contribution is 2.34. The van der Waals surface area contributed by atoms with E-state index in [9.17, 15) is 4.79 Å². The second kappa shape index (κ2) is 6.52. The number of carbonyl (C=O) groups is 1.